The highest BCUT2D eigenvalue weighted by Crippen LogP contribution is 2.19. The summed E-state index contributed by atoms with van der Waals surface area (Å²) >= 11 is 0. The lowest BCUT2D eigenvalue weighted by Crippen LogP contribution is -2.13. The van der Waals surface area contributed by atoms with E-state index in [0.29, 0.717) is 13.2 Å². The van der Waals surface area contributed by atoms with Crippen LogP contribution in [-0.4, -0.2) is 22.9 Å². The van der Waals surface area contributed by atoms with E-state index in [0.717, 1.165) is 11.4 Å². The van der Waals surface area contributed by atoms with E-state index < -0.39 is 0 Å². The molecule has 0 fully saturated rings. The van der Waals surface area contributed by atoms with Gasteiger partial charge in [0.25, 0.3) is 0 Å². The molecule has 112 valence electrons. The predicted molar refractivity (Wildman–Crippen MR) is 83.9 cm³/mol. The van der Waals surface area contributed by atoms with E-state index in [1.54, 1.807) is 29.1 Å². The zero-order chi connectivity index (χ0) is 15.2. The van der Waals surface area contributed by atoms with Crippen molar-refractivity contribution in [2.45, 2.75) is 0 Å². The Labute approximate surface area is 128 Å². The molecular formula is C17H16FN3O. The number of hydrogen-bond acceptors (Lipinski definition) is 3. The first-order valence-electron chi connectivity index (χ1n) is 7.05. The molecule has 0 aliphatic carbocycles. The quantitative estimate of drug-likeness (QED) is 0.708. The second-order valence-corrected chi connectivity index (χ2v) is 4.67. The van der Waals surface area contributed by atoms with Crippen LogP contribution in [0.25, 0.3) is 5.69 Å². The van der Waals surface area contributed by atoms with Crippen molar-refractivity contribution in [3.63, 3.8) is 0 Å². The molecule has 0 atom stereocenters. The lowest BCUT2D eigenvalue weighted by molar-refractivity contribution is 0.315. The lowest BCUT2D eigenvalue weighted by Gasteiger charge is -2.12. The van der Waals surface area contributed by atoms with Gasteiger partial charge < -0.3 is 10.1 Å². The number of aromatic nitrogens is 2. The molecule has 0 aliphatic rings. The molecule has 22 heavy (non-hydrogen) atoms. The van der Waals surface area contributed by atoms with E-state index in [9.17, 15) is 4.39 Å². The van der Waals surface area contributed by atoms with Crippen LogP contribution in [0.5, 0.6) is 5.75 Å². The normalized spacial score (nSPS) is 10.4. The molecule has 2 aromatic carbocycles. The third kappa shape index (κ3) is 3.25. The Bertz CT molecular complexity index is 728. The fourth-order valence-electron chi connectivity index (χ4n) is 2.14. The van der Waals surface area contributed by atoms with Gasteiger partial charge in [-0.05, 0) is 30.3 Å². The van der Waals surface area contributed by atoms with E-state index in [2.05, 4.69) is 10.4 Å². The van der Waals surface area contributed by atoms with E-state index in [-0.39, 0.29) is 11.6 Å². The van der Waals surface area contributed by atoms with E-state index in [4.69, 9.17) is 4.74 Å². The number of benzene rings is 2. The van der Waals surface area contributed by atoms with Gasteiger partial charge >= 0.3 is 0 Å². The van der Waals surface area contributed by atoms with Crippen LogP contribution < -0.4 is 10.1 Å². The van der Waals surface area contributed by atoms with Crippen LogP contribution in [0, 0.1) is 5.82 Å². The van der Waals surface area contributed by atoms with Gasteiger partial charge in [-0.1, -0.05) is 24.3 Å². The van der Waals surface area contributed by atoms with E-state index >= 15 is 0 Å². The minimum absolute atomic E-state index is 0.268. The molecule has 0 radical (unpaired) electrons. The van der Waals surface area contributed by atoms with Gasteiger partial charge in [-0.25, -0.2) is 9.07 Å². The molecule has 1 N–H and O–H groups in total. The van der Waals surface area contributed by atoms with Crippen molar-refractivity contribution in [2.75, 3.05) is 18.5 Å². The van der Waals surface area contributed by atoms with Crippen LogP contribution in [0.15, 0.2) is 67.0 Å². The highest BCUT2D eigenvalue weighted by Gasteiger charge is 2.04. The first kappa shape index (κ1) is 14.1. The topological polar surface area (TPSA) is 39.1 Å². The monoisotopic (exact) mass is 297 g/mol. The smallest absolute Gasteiger partial charge is 0.165 e. The molecule has 0 spiro atoms. The number of nitrogens with one attached hydrogen (secondary N) is 1. The van der Waals surface area contributed by atoms with Crippen LogP contribution in [0.1, 0.15) is 0 Å². The van der Waals surface area contributed by atoms with E-state index in [1.807, 2.05) is 36.5 Å². The van der Waals surface area contributed by atoms with Gasteiger partial charge in [0.1, 0.15) is 6.61 Å². The minimum Gasteiger partial charge on any atom is -0.489 e. The number of anilines is 1. The molecule has 5 heteroatoms. The van der Waals surface area contributed by atoms with Crippen molar-refractivity contribution in [1.82, 2.24) is 9.78 Å². The highest BCUT2D eigenvalue weighted by molar-refractivity contribution is 5.60. The average Bonchev–Trinajstić information content (AvgIpc) is 3.08. The van der Waals surface area contributed by atoms with Crippen LogP contribution in [0.4, 0.5) is 10.1 Å². The Hall–Kier alpha value is -2.82. The number of para-hydroxylation sites is 3. The van der Waals surface area contributed by atoms with Crippen LogP contribution in [-0.2, 0) is 0 Å². The van der Waals surface area contributed by atoms with Gasteiger partial charge in [0, 0.05) is 18.9 Å². The number of hydrogen-bond donors (Lipinski definition) is 1. The average molecular weight is 297 g/mol. The Morgan fingerprint density at radius 1 is 1.05 bits per heavy atom. The summed E-state index contributed by atoms with van der Waals surface area (Å²) in [5, 5.41) is 7.51. The number of halogens is 1. The molecule has 3 aromatic rings. The van der Waals surface area contributed by atoms with Gasteiger partial charge in [-0.15, -0.1) is 0 Å². The summed E-state index contributed by atoms with van der Waals surface area (Å²) in [5.74, 6) is -0.0795. The maximum absolute atomic E-state index is 13.4. The van der Waals surface area contributed by atoms with Gasteiger partial charge in [0.05, 0.1) is 11.4 Å². The molecule has 1 heterocycles. The lowest BCUT2D eigenvalue weighted by atomic mass is 10.2. The zero-order valence-electron chi connectivity index (χ0n) is 11.9. The summed E-state index contributed by atoms with van der Waals surface area (Å²) in [6.45, 7) is 0.932. The highest BCUT2D eigenvalue weighted by atomic mass is 19.1. The summed E-state index contributed by atoms with van der Waals surface area (Å²) in [6, 6.07) is 16.1. The maximum atomic E-state index is 13.4. The minimum atomic E-state index is -0.348. The summed E-state index contributed by atoms with van der Waals surface area (Å²) in [6.07, 6.45) is 3.62. The Balaban J connectivity index is 1.60. The van der Waals surface area contributed by atoms with Crippen molar-refractivity contribution in [3.8, 4) is 11.4 Å². The van der Waals surface area contributed by atoms with Gasteiger partial charge in [-0.3, -0.25) is 0 Å². The van der Waals surface area contributed by atoms with Crippen LogP contribution in [0.3, 0.4) is 0 Å². The predicted octanol–water partition coefficient (Wildman–Crippen LogP) is 3.50. The summed E-state index contributed by atoms with van der Waals surface area (Å²) in [7, 11) is 0. The van der Waals surface area contributed by atoms with Crippen molar-refractivity contribution in [2.24, 2.45) is 0 Å². The fourth-order valence-corrected chi connectivity index (χ4v) is 2.14. The van der Waals surface area contributed by atoms with Crippen LogP contribution >= 0.6 is 0 Å². The third-order valence-corrected chi connectivity index (χ3v) is 3.17. The first-order valence-corrected chi connectivity index (χ1v) is 7.05. The zero-order valence-corrected chi connectivity index (χ0v) is 11.9. The van der Waals surface area contributed by atoms with Crippen molar-refractivity contribution in [3.05, 3.63) is 72.8 Å². The van der Waals surface area contributed by atoms with Crippen molar-refractivity contribution < 1.29 is 9.13 Å². The first-order chi connectivity index (χ1) is 10.8. The van der Waals surface area contributed by atoms with Crippen molar-refractivity contribution >= 4 is 5.69 Å². The molecule has 0 aliphatic heterocycles. The van der Waals surface area contributed by atoms with E-state index in [1.165, 1.54) is 6.07 Å². The Morgan fingerprint density at radius 2 is 1.86 bits per heavy atom. The number of ether oxygens (including phenoxy) is 1. The second kappa shape index (κ2) is 6.76. The molecule has 0 saturated heterocycles. The molecule has 3 rings (SSSR count). The molecule has 0 unspecified atom stereocenters. The maximum Gasteiger partial charge on any atom is 0.165 e. The number of rotatable bonds is 6. The summed E-state index contributed by atoms with van der Waals surface area (Å²) in [5.41, 5.74) is 1.90. The number of nitrogens with zero attached hydrogens (tertiary/aromatic N) is 2. The van der Waals surface area contributed by atoms with Gasteiger partial charge in [0.15, 0.2) is 11.6 Å². The standard InChI is InChI=1S/C17H16FN3O/c18-14-6-1-4-9-17(14)22-13-11-19-15-7-2-3-8-16(15)21-12-5-10-20-21/h1-10,12,19H,11,13H2. The Morgan fingerprint density at radius 3 is 2.68 bits per heavy atom. The fraction of sp³-hybridized carbons (Fsp3) is 0.118. The van der Waals surface area contributed by atoms with Crippen LogP contribution in [0.2, 0.25) is 0 Å². The van der Waals surface area contributed by atoms with Gasteiger partial charge in [-0.2, -0.15) is 5.10 Å². The summed E-state index contributed by atoms with van der Waals surface area (Å²) in [4.78, 5) is 0. The SMILES string of the molecule is Fc1ccccc1OCCNc1ccccc1-n1cccn1. The van der Waals surface area contributed by atoms with Crippen molar-refractivity contribution in [1.29, 1.82) is 0 Å². The third-order valence-electron chi connectivity index (χ3n) is 3.17. The molecule has 1 aromatic heterocycles. The molecule has 0 saturated carbocycles. The largest absolute Gasteiger partial charge is 0.489 e. The molecular weight excluding hydrogens is 281 g/mol. The summed E-state index contributed by atoms with van der Waals surface area (Å²) < 4.78 is 20.7. The molecule has 0 amide bonds. The van der Waals surface area contributed by atoms with Gasteiger partial charge in [0.2, 0.25) is 0 Å². The molecule has 0 bridgehead atoms. The second-order valence-electron chi connectivity index (χ2n) is 4.67. The Kier molecular flexibility index (Phi) is 4.34. The molecule has 4 nitrogen and oxygen atoms in total.